The molecule has 0 saturated heterocycles. The van der Waals surface area contributed by atoms with E-state index < -0.39 is 12.1 Å². The number of hydrogen-bond acceptors (Lipinski definition) is 8. The quantitative estimate of drug-likeness (QED) is 0.125. The van der Waals surface area contributed by atoms with Crippen LogP contribution in [0.25, 0.3) is 33.7 Å². The number of nitrogens with zero attached hydrogens (tertiary/aromatic N) is 2. The molecule has 6 aromatic rings. The third-order valence-corrected chi connectivity index (χ3v) is 7.87. The summed E-state index contributed by atoms with van der Waals surface area (Å²) in [7, 11) is 1.59. The Morgan fingerprint density at radius 1 is 0.913 bits per heavy atom. The van der Waals surface area contributed by atoms with Gasteiger partial charge < -0.3 is 23.4 Å². The van der Waals surface area contributed by atoms with Gasteiger partial charge in [0.2, 0.25) is 5.88 Å². The minimum atomic E-state index is -1.03. The second-order valence-electron chi connectivity index (χ2n) is 10.1. The standard InChI is InChI=1S/C36H28BrFN2O6/c1-3-43-36(41)30(44-28-13-8-14-29-32(28)33(37)34(46-29)22-15-17-24(38)18-16-22)21-23-9-4-6-11-26(23)45-31-19-20-39-35(40-31)25-10-5-7-12-27(25)42-2/h4-20,30H,3,21H2,1-2H3/t30-/m1/s1. The molecule has 46 heavy (non-hydrogen) atoms. The van der Waals surface area contributed by atoms with Crippen LogP contribution >= 0.6 is 15.9 Å². The molecule has 0 aliphatic carbocycles. The summed E-state index contributed by atoms with van der Waals surface area (Å²) < 4.78 is 43.8. The number of benzene rings is 4. The van der Waals surface area contributed by atoms with E-state index in [-0.39, 0.29) is 18.8 Å². The van der Waals surface area contributed by atoms with E-state index in [1.165, 1.54) is 12.1 Å². The number of hydrogen-bond donors (Lipinski definition) is 0. The largest absolute Gasteiger partial charge is 0.496 e. The molecule has 0 fully saturated rings. The normalized spacial score (nSPS) is 11.7. The van der Waals surface area contributed by atoms with Crippen molar-refractivity contribution in [1.82, 2.24) is 9.97 Å². The summed E-state index contributed by atoms with van der Waals surface area (Å²) in [6.07, 6.45) is 0.720. The van der Waals surface area contributed by atoms with Gasteiger partial charge >= 0.3 is 5.97 Å². The first-order chi connectivity index (χ1) is 22.4. The van der Waals surface area contributed by atoms with E-state index in [4.69, 9.17) is 23.4 Å². The molecule has 0 aliphatic heterocycles. The zero-order valence-corrected chi connectivity index (χ0v) is 26.5. The highest BCUT2D eigenvalue weighted by Crippen LogP contribution is 2.42. The Bertz CT molecular complexity index is 2000. The fraction of sp³-hybridized carbons (Fsp3) is 0.139. The van der Waals surface area contributed by atoms with E-state index in [9.17, 15) is 9.18 Å². The van der Waals surface area contributed by atoms with Gasteiger partial charge in [-0.3, -0.25) is 0 Å². The monoisotopic (exact) mass is 682 g/mol. The van der Waals surface area contributed by atoms with E-state index in [1.807, 2.05) is 42.5 Å². The summed E-state index contributed by atoms with van der Waals surface area (Å²) in [6, 6.07) is 27.8. The van der Waals surface area contributed by atoms with Crippen molar-refractivity contribution in [3.05, 3.63) is 119 Å². The molecule has 10 heteroatoms. The van der Waals surface area contributed by atoms with Gasteiger partial charge in [-0.05, 0) is 83.0 Å². The molecule has 0 radical (unpaired) electrons. The highest BCUT2D eigenvalue weighted by molar-refractivity contribution is 9.10. The van der Waals surface area contributed by atoms with Crippen molar-refractivity contribution in [2.24, 2.45) is 0 Å². The van der Waals surface area contributed by atoms with E-state index in [0.717, 1.165) is 5.56 Å². The van der Waals surface area contributed by atoms with Crippen molar-refractivity contribution in [1.29, 1.82) is 0 Å². The molecular formula is C36H28BrFN2O6. The lowest BCUT2D eigenvalue weighted by Crippen LogP contribution is -2.32. The van der Waals surface area contributed by atoms with Gasteiger partial charge in [-0.1, -0.05) is 36.4 Å². The maximum absolute atomic E-state index is 13.6. The Kier molecular flexibility index (Phi) is 9.25. The summed E-state index contributed by atoms with van der Waals surface area (Å²) in [4.78, 5) is 22.3. The number of carbonyl (C=O) groups is 1. The fourth-order valence-corrected chi connectivity index (χ4v) is 5.67. The first-order valence-corrected chi connectivity index (χ1v) is 15.3. The van der Waals surface area contributed by atoms with Crippen molar-refractivity contribution in [3.63, 3.8) is 0 Å². The molecule has 0 bridgehead atoms. The Labute approximate surface area is 272 Å². The third kappa shape index (κ3) is 6.57. The van der Waals surface area contributed by atoms with Gasteiger partial charge in [0.1, 0.15) is 34.4 Å². The molecule has 0 N–H and O–H groups in total. The SMILES string of the molecule is CCOC(=O)[C@@H](Cc1ccccc1Oc1ccnc(-c2ccccc2OC)n1)Oc1cccc2oc(-c3ccc(F)cc3)c(Br)c12. The summed E-state index contributed by atoms with van der Waals surface area (Å²) in [5.41, 5.74) is 2.64. The molecule has 2 aromatic heterocycles. The maximum atomic E-state index is 13.6. The number of fused-ring (bicyclic) bond motifs is 1. The highest BCUT2D eigenvalue weighted by Gasteiger charge is 2.27. The van der Waals surface area contributed by atoms with Gasteiger partial charge in [0.25, 0.3) is 0 Å². The molecule has 0 spiro atoms. The van der Waals surface area contributed by atoms with Crippen molar-refractivity contribution >= 4 is 32.9 Å². The van der Waals surface area contributed by atoms with Crippen molar-refractivity contribution in [2.45, 2.75) is 19.4 Å². The zero-order chi connectivity index (χ0) is 32.0. The number of methoxy groups -OCH3 is 1. The predicted octanol–water partition coefficient (Wildman–Crippen LogP) is 8.81. The molecule has 0 amide bonds. The highest BCUT2D eigenvalue weighted by atomic mass is 79.9. The van der Waals surface area contributed by atoms with Crippen LogP contribution in [-0.4, -0.2) is 35.8 Å². The van der Waals surface area contributed by atoms with Crippen LogP contribution in [0.3, 0.4) is 0 Å². The average molecular weight is 684 g/mol. The van der Waals surface area contributed by atoms with Gasteiger partial charge in [-0.15, -0.1) is 0 Å². The summed E-state index contributed by atoms with van der Waals surface area (Å²) >= 11 is 3.64. The number of para-hydroxylation sites is 2. The Morgan fingerprint density at radius 2 is 1.65 bits per heavy atom. The molecule has 232 valence electrons. The number of aromatic nitrogens is 2. The van der Waals surface area contributed by atoms with Crippen LogP contribution in [0.15, 0.2) is 112 Å². The van der Waals surface area contributed by atoms with E-state index in [0.29, 0.717) is 61.3 Å². The third-order valence-electron chi connectivity index (χ3n) is 7.11. The molecule has 1 atom stereocenters. The number of esters is 1. The first-order valence-electron chi connectivity index (χ1n) is 14.5. The number of halogens is 2. The zero-order valence-electron chi connectivity index (χ0n) is 24.9. The molecule has 8 nitrogen and oxygen atoms in total. The molecule has 0 unspecified atom stereocenters. The Balaban J connectivity index is 1.30. The van der Waals surface area contributed by atoms with Crippen LogP contribution in [-0.2, 0) is 16.0 Å². The van der Waals surface area contributed by atoms with E-state index in [1.54, 1.807) is 62.7 Å². The molecule has 6 rings (SSSR count). The number of carbonyl (C=O) groups excluding carboxylic acids is 1. The minimum Gasteiger partial charge on any atom is -0.496 e. The Hall–Kier alpha value is -5.22. The van der Waals surface area contributed by atoms with Crippen molar-refractivity contribution < 1.29 is 32.5 Å². The summed E-state index contributed by atoms with van der Waals surface area (Å²) in [6.45, 7) is 1.92. The topological polar surface area (TPSA) is 92.9 Å². The number of rotatable bonds is 11. The first kappa shape index (κ1) is 30.8. The van der Waals surface area contributed by atoms with Crippen LogP contribution in [0.5, 0.6) is 23.1 Å². The van der Waals surface area contributed by atoms with Gasteiger partial charge in [0.05, 0.1) is 29.1 Å². The minimum absolute atomic E-state index is 0.135. The Morgan fingerprint density at radius 3 is 2.43 bits per heavy atom. The lowest BCUT2D eigenvalue weighted by Gasteiger charge is -2.20. The smallest absolute Gasteiger partial charge is 0.347 e. The molecule has 0 aliphatic rings. The fourth-order valence-electron chi connectivity index (χ4n) is 4.97. The lowest BCUT2D eigenvalue weighted by atomic mass is 10.1. The van der Waals surface area contributed by atoms with Crippen molar-refractivity contribution in [3.8, 4) is 45.8 Å². The second-order valence-corrected chi connectivity index (χ2v) is 10.9. The molecule has 2 heterocycles. The summed E-state index contributed by atoms with van der Waals surface area (Å²) in [5.74, 6) is 1.93. The van der Waals surface area contributed by atoms with Crippen LogP contribution < -0.4 is 14.2 Å². The molecular weight excluding hydrogens is 655 g/mol. The van der Waals surface area contributed by atoms with Gasteiger partial charge in [-0.2, -0.15) is 4.98 Å². The lowest BCUT2D eigenvalue weighted by molar-refractivity contribution is -0.151. The van der Waals surface area contributed by atoms with Gasteiger partial charge in [0, 0.05) is 24.2 Å². The number of ether oxygens (including phenoxy) is 4. The van der Waals surface area contributed by atoms with E-state index in [2.05, 4.69) is 25.9 Å². The summed E-state index contributed by atoms with van der Waals surface area (Å²) in [5, 5.41) is 0.630. The van der Waals surface area contributed by atoms with Crippen molar-refractivity contribution in [2.75, 3.05) is 13.7 Å². The van der Waals surface area contributed by atoms with Crippen LogP contribution in [0, 0.1) is 5.82 Å². The van der Waals surface area contributed by atoms with E-state index >= 15 is 0 Å². The molecule has 0 saturated carbocycles. The van der Waals surface area contributed by atoms with Gasteiger partial charge in [0.15, 0.2) is 11.9 Å². The number of furan rings is 1. The van der Waals surface area contributed by atoms with Crippen LogP contribution in [0.2, 0.25) is 0 Å². The second kappa shape index (κ2) is 13.8. The van der Waals surface area contributed by atoms with Crippen LogP contribution in [0.1, 0.15) is 12.5 Å². The maximum Gasteiger partial charge on any atom is 0.347 e. The van der Waals surface area contributed by atoms with Crippen LogP contribution in [0.4, 0.5) is 4.39 Å². The average Bonchev–Trinajstić information content (AvgIpc) is 3.42. The predicted molar refractivity (Wildman–Crippen MR) is 175 cm³/mol. The molecule has 4 aromatic carbocycles. The van der Waals surface area contributed by atoms with Gasteiger partial charge in [-0.25, -0.2) is 14.2 Å².